The minimum atomic E-state index is -0.417. The molecule has 0 aromatic carbocycles. The molecule has 2 atom stereocenters. The Morgan fingerprint density at radius 3 is 2.81 bits per heavy atom. The second-order valence-electron chi connectivity index (χ2n) is 5.62. The van der Waals surface area contributed by atoms with E-state index in [1.54, 1.807) is 7.11 Å². The molecular formula is C15H25N3O3. The molecule has 1 fully saturated rings. The summed E-state index contributed by atoms with van der Waals surface area (Å²) in [5.74, 6) is 0.205. The summed E-state index contributed by atoms with van der Waals surface area (Å²) in [6.45, 7) is 4.74. The van der Waals surface area contributed by atoms with Crippen LogP contribution < -0.4 is 0 Å². The van der Waals surface area contributed by atoms with E-state index in [2.05, 4.69) is 17.2 Å². The first kappa shape index (κ1) is 15.9. The third kappa shape index (κ3) is 3.61. The fraction of sp³-hybridized carbons (Fsp3) is 0.800. The molecule has 0 saturated heterocycles. The van der Waals surface area contributed by atoms with Gasteiger partial charge in [-0.1, -0.05) is 31.4 Å². The van der Waals surface area contributed by atoms with Crippen molar-refractivity contribution in [2.45, 2.75) is 52.0 Å². The third-order valence-corrected chi connectivity index (χ3v) is 4.35. The van der Waals surface area contributed by atoms with Crippen LogP contribution in [0, 0.1) is 12.8 Å². The summed E-state index contributed by atoms with van der Waals surface area (Å²) in [6.07, 6.45) is 5.98. The van der Waals surface area contributed by atoms with Gasteiger partial charge in [-0.15, -0.1) is 5.10 Å². The second-order valence-corrected chi connectivity index (χ2v) is 5.62. The van der Waals surface area contributed by atoms with Crippen LogP contribution in [0.15, 0.2) is 0 Å². The quantitative estimate of drug-likeness (QED) is 0.596. The monoisotopic (exact) mass is 295 g/mol. The molecular weight excluding hydrogens is 270 g/mol. The average molecular weight is 295 g/mol. The molecule has 6 nitrogen and oxygen atoms in total. The zero-order valence-electron chi connectivity index (χ0n) is 13.2. The van der Waals surface area contributed by atoms with Crippen LogP contribution in [0.5, 0.6) is 0 Å². The van der Waals surface area contributed by atoms with Crippen LogP contribution in [0.1, 0.15) is 61.3 Å². The van der Waals surface area contributed by atoms with E-state index in [1.807, 2.05) is 11.6 Å². The van der Waals surface area contributed by atoms with Crippen LogP contribution in [-0.2, 0) is 9.47 Å². The topological polar surface area (TPSA) is 66.2 Å². The Morgan fingerprint density at radius 1 is 1.33 bits per heavy atom. The number of esters is 1. The highest BCUT2D eigenvalue weighted by molar-refractivity contribution is 5.88. The largest absolute Gasteiger partial charge is 0.458 e. The van der Waals surface area contributed by atoms with E-state index < -0.39 is 5.97 Å². The Kier molecular flexibility index (Phi) is 5.73. The minimum Gasteiger partial charge on any atom is -0.458 e. The van der Waals surface area contributed by atoms with Crippen molar-refractivity contribution in [3.8, 4) is 0 Å². The minimum absolute atomic E-state index is 0.239. The Balaban J connectivity index is 2.10. The molecule has 1 aromatic heterocycles. The molecule has 1 aromatic rings. The highest BCUT2D eigenvalue weighted by atomic mass is 16.6. The van der Waals surface area contributed by atoms with E-state index in [0.29, 0.717) is 24.3 Å². The van der Waals surface area contributed by atoms with Gasteiger partial charge in [-0.25, -0.2) is 9.48 Å². The maximum absolute atomic E-state index is 12.0. The lowest BCUT2D eigenvalue weighted by atomic mass is 9.83. The van der Waals surface area contributed by atoms with Crippen LogP contribution in [0.4, 0.5) is 0 Å². The van der Waals surface area contributed by atoms with Crippen molar-refractivity contribution in [2.24, 2.45) is 5.92 Å². The van der Waals surface area contributed by atoms with Gasteiger partial charge in [0.1, 0.15) is 6.61 Å². The van der Waals surface area contributed by atoms with E-state index in [0.717, 1.165) is 18.5 Å². The van der Waals surface area contributed by atoms with E-state index in [4.69, 9.17) is 9.47 Å². The summed E-state index contributed by atoms with van der Waals surface area (Å²) in [6, 6.07) is 0.358. The van der Waals surface area contributed by atoms with Crippen molar-refractivity contribution >= 4 is 5.97 Å². The van der Waals surface area contributed by atoms with E-state index in [9.17, 15) is 4.79 Å². The fourth-order valence-electron chi connectivity index (χ4n) is 3.12. The number of ether oxygens (including phenoxy) is 2. The van der Waals surface area contributed by atoms with Gasteiger partial charge in [0, 0.05) is 7.11 Å². The Hall–Kier alpha value is -1.43. The Labute approximate surface area is 125 Å². The zero-order chi connectivity index (χ0) is 15.2. The second kappa shape index (κ2) is 7.54. The zero-order valence-corrected chi connectivity index (χ0v) is 13.2. The molecule has 6 heteroatoms. The molecule has 0 bridgehead atoms. The molecule has 1 saturated carbocycles. The molecule has 0 amide bonds. The van der Waals surface area contributed by atoms with Crippen molar-refractivity contribution in [3.63, 3.8) is 0 Å². The van der Waals surface area contributed by atoms with E-state index in [1.165, 1.54) is 19.3 Å². The van der Waals surface area contributed by atoms with Gasteiger partial charge in [0.05, 0.1) is 18.3 Å². The lowest BCUT2D eigenvalue weighted by molar-refractivity contribution is 0.0380. The lowest BCUT2D eigenvalue weighted by Gasteiger charge is -2.31. The average Bonchev–Trinajstić information content (AvgIpc) is 2.89. The van der Waals surface area contributed by atoms with Gasteiger partial charge in [0.15, 0.2) is 5.69 Å². The normalized spacial score (nSPS) is 22.2. The summed E-state index contributed by atoms with van der Waals surface area (Å²) in [5, 5.41) is 8.26. The fourth-order valence-corrected chi connectivity index (χ4v) is 3.12. The summed E-state index contributed by atoms with van der Waals surface area (Å²) in [5.41, 5.74) is 1.13. The first-order valence-corrected chi connectivity index (χ1v) is 7.76. The summed E-state index contributed by atoms with van der Waals surface area (Å²) >= 11 is 0. The molecule has 0 N–H and O–H groups in total. The number of rotatable bonds is 6. The van der Waals surface area contributed by atoms with Crippen LogP contribution in [0.2, 0.25) is 0 Å². The lowest BCUT2D eigenvalue weighted by Crippen LogP contribution is -2.25. The number of carbonyl (C=O) groups is 1. The third-order valence-electron chi connectivity index (χ3n) is 4.35. The number of methoxy groups -OCH3 is 1. The van der Waals surface area contributed by atoms with Crippen molar-refractivity contribution < 1.29 is 14.3 Å². The summed E-state index contributed by atoms with van der Waals surface area (Å²) in [4.78, 5) is 12.0. The molecule has 1 aliphatic rings. The van der Waals surface area contributed by atoms with Gasteiger partial charge in [0.25, 0.3) is 0 Å². The molecule has 0 spiro atoms. The maximum Gasteiger partial charge on any atom is 0.360 e. The number of aromatic nitrogens is 3. The molecule has 0 aliphatic heterocycles. The molecule has 1 heterocycles. The van der Waals surface area contributed by atoms with Gasteiger partial charge in [-0.2, -0.15) is 0 Å². The number of carbonyl (C=O) groups excluding carboxylic acids is 1. The molecule has 1 aliphatic carbocycles. The highest BCUT2D eigenvalue weighted by Gasteiger charge is 2.29. The maximum atomic E-state index is 12.0. The number of nitrogens with zero attached hydrogens (tertiary/aromatic N) is 3. The van der Waals surface area contributed by atoms with E-state index >= 15 is 0 Å². The molecule has 2 unspecified atom stereocenters. The van der Waals surface area contributed by atoms with Gasteiger partial charge in [0.2, 0.25) is 0 Å². The van der Waals surface area contributed by atoms with Gasteiger partial charge in [-0.05, 0) is 25.7 Å². The first-order chi connectivity index (χ1) is 10.2. The van der Waals surface area contributed by atoms with Crippen molar-refractivity contribution in [1.82, 2.24) is 15.0 Å². The molecule has 0 radical (unpaired) electrons. The summed E-state index contributed by atoms with van der Waals surface area (Å²) in [7, 11) is 1.57. The van der Waals surface area contributed by atoms with Crippen molar-refractivity contribution in [3.05, 3.63) is 11.4 Å². The van der Waals surface area contributed by atoms with Gasteiger partial charge >= 0.3 is 5.97 Å². The predicted molar refractivity (Wildman–Crippen MR) is 78.2 cm³/mol. The standard InChI is InChI=1S/C15H25N3O3/c1-4-12-7-5-6-8-13(12)18-11(2)14(16-17-18)15(19)21-10-9-20-3/h12-13H,4-10H2,1-3H3. The van der Waals surface area contributed by atoms with E-state index in [-0.39, 0.29) is 6.61 Å². The van der Waals surface area contributed by atoms with Crippen LogP contribution in [0.25, 0.3) is 0 Å². The SMILES string of the molecule is CCC1CCCCC1n1nnc(C(=O)OCCOC)c1C. The molecule has 21 heavy (non-hydrogen) atoms. The Morgan fingerprint density at radius 2 is 2.10 bits per heavy atom. The van der Waals surface area contributed by atoms with Crippen molar-refractivity contribution in [1.29, 1.82) is 0 Å². The van der Waals surface area contributed by atoms with Gasteiger partial charge in [-0.3, -0.25) is 0 Å². The van der Waals surface area contributed by atoms with Crippen molar-refractivity contribution in [2.75, 3.05) is 20.3 Å². The highest BCUT2D eigenvalue weighted by Crippen LogP contribution is 2.36. The summed E-state index contributed by atoms with van der Waals surface area (Å²) < 4.78 is 11.9. The van der Waals surface area contributed by atoms with Crippen LogP contribution in [-0.4, -0.2) is 41.3 Å². The predicted octanol–water partition coefficient (Wildman–Crippen LogP) is 2.53. The van der Waals surface area contributed by atoms with Crippen LogP contribution >= 0.6 is 0 Å². The number of hydrogen-bond acceptors (Lipinski definition) is 5. The van der Waals surface area contributed by atoms with Crippen LogP contribution in [0.3, 0.4) is 0 Å². The first-order valence-electron chi connectivity index (χ1n) is 7.76. The molecule has 118 valence electrons. The van der Waals surface area contributed by atoms with Gasteiger partial charge < -0.3 is 9.47 Å². The smallest absolute Gasteiger partial charge is 0.360 e. The number of hydrogen-bond donors (Lipinski definition) is 0. The Bertz CT molecular complexity index is 473. The molecule has 2 rings (SSSR count).